The SMILES string of the molecule is COc1ccc(C(C)NC(=O)CCOc2ccccc2)cc1OC. The van der Waals surface area contributed by atoms with E-state index in [0.717, 1.165) is 11.3 Å². The Kier molecular flexibility index (Phi) is 6.49. The Morgan fingerprint density at radius 1 is 1.04 bits per heavy atom. The molecular formula is C19H23NO4. The number of carbonyl (C=O) groups excluding carboxylic acids is 1. The van der Waals surface area contributed by atoms with E-state index in [1.165, 1.54) is 0 Å². The number of nitrogens with one attached hydrogen (secondary N) is 1. The molecule has 2 rings (SSSR count). The monoisotopic (exact) mass is 329 g/mol. The molecule has 1 unspecified atom stereocenters. The number of rotatable bonds is 8. The molecule has 0 heterocycles. The van der Waals surface area contributed by atoms with Gasteiger partial charge in [-0.1, -0.05) is 24.3 Å². The van der Waals surface area contributed by atoms with E-state index in [-0.39, 0.29) is 11.9 Å². The molecule has 0 fully saturated rings. The number of ether oxygens (including phenoxy) is 3. The van der Waals surface area contributed by atoms with Crippen molar-refractivity contribution in [3.63, 3.8) is 0 Å². The van der Waals surface area contributed by atoms with Gasteiger partial charge in [-0.2, -0.15) is 0 Å². The Hall–Kier alpha value is -2.69. The van der Waals surface area contributed by atoms with Gasteiger partial charge in [-0.25, -0.2) is 0 Å². The lowest BCUT2D eigenvalue weighted by Crippen LogP contribution is -2.27. The van der Waals surface area contributed by atoms with Crippen LogP contribution in [0.4, 0.5) is 0 Å². The lowest BCUT2D eigenvalue weighted by molar-refractivity contribution is -0.122. The number of amides is 1. The van der Waals surface area contributed by atoms with Gasteiger partial charge in [0.2, 0.25) is 5.91 Å². The fraction of sp³-hybridized carbons (Fsp3) is 0.316. The first-order chi connectivity index (χ1) is 11.6. The Morgan fingerprint density at radius 3 is 2.42 bits per heavy atom. The number of carbonyl (C=O) groups is 1. The van der Waals surface area contributed by atoms with Crippen molar-refractivity contribution < 1.29 is 19.0 Å². The van der Waals surface area contributed by atoms with E-state index in [2.05, 4.69) is 5.32 Å². The highest BCUT2D eigenvalue weighted by Gasteiger charge is 2.12. The minimum atomic E-state index is -0.131. The van der Waals surface area contributed by atoms with Gasteiger partial charge in [-0.05, 0) is 36.8 Å². The first-order valence-corrected chi connectivity index (χ1v) is 7.83. The molecule has 5 nitrogen and oxygen atoms in total. The molecular weight excluding hydrogens is 306 g/mol. The maximum Gasteiger partial charge on any atom is 0.223 e. The third kappa shape index (κ3) is 4.91. The van der Waals surface area contributed by atoms with Crippen molar-refractivity contribution in [1.29, 1.82) is 0 Å². The van der Waals surface area contributed by atoms with Crippen molar-refractivity contribution in [2.75, 3.05) is 20.8 Å². The first kappa shape index (κ1) is 17.7. The van der Waals surface area contributed by atoms with Crippen LogP contribution in [0, 0.1) is 0 Å². The molecule has 128 valence electrons. The summed E-state index contributed by atoms with van der Waals surface area (Å²) >= 11 is 0. The van der Waals surface area contributed by atoms with E-state index in [0.29, 0.717) is 24.5 Å². The maximum atomic E-state index is 12.0. The van der Waals surface area contributed by atoms with Gasteiger partial charge in [0.15, 0.2) is 11.5 Å². The summed E-state index contributed by atoms with van der Waals surface area (Å²) in [6.45, 7) is 2.27. The van der Waals surface area contributed by atoms with Gasteiger partial charge in [0.05, 0.1) is 33.3 Å². The average Bonchev–Trinajstić information content (AvgIpc) is 2.61. The van der Waals surface area contributed by atoms with Crippen LogP contribution in [0.3, 0.4) is 0 Å². The van der Waals surface area contributed by atoms with Gasteiger partial charge in [0.1, 0.15) is 5.75 Å². The Balaban J connectivity index is 1.85. The van der Waals surface area contributed by atoms with Crippen molar-refractivity contribution in [3.8, 4) is 17.2 Å². The Morgan fingerprint density at radius 2 is 1.75 bits per heavy atom. The zero-order chi connectivity index (χ0) is 17.4. The van der Waals surface area contributed by atoms with Crippen LogP contribution in [-0.4, -0.2) is 26.7 Å². The number of benzene rings is 2. The molecule has 5 heteroatoms. The fourth-order valence-electron chi connectivity index (χ4n) is 2.30. The number of hydrogen-bond acceptors (Lipinski definition) is 4. The summed E-state index contributed by atoms with van der Waals surface area (Å²) in [4.78, 5) is 12.0. The summed E-state index contributed by atoms with van der Waals surface area (Å²) in [6.07, 6.45) is 0.298. The second kappa shape index (κ2) is 8.82. The summed E-state index contributed by atoms with van der Waals surface area (Å²) in [5.74, 6) is 2.01. The van der Waals surface area contributed by atoms with Crippen LogP contribution < -0.4 is 19.5 Å². The zero-order valence-electron chi connectivity index (χ0n) is 14.2. The van der Waals surface area contributed by atoms with Crippen molar-refractivity contribution in [2.24, 2.45) is 0 Å². The van der Waals surface area contributed by atoms with Crippen molar-refractivity contribution >= 4 is 5.91 Å². The quantitative estimate of drug-likeness (QED) is 0.807. The molecule has 24 heavy (non-hydrogen) atoms. The van der Waals surface area contributed by atoms with Gasteiger partial charge >= 0.3 is 0 Å². The molecule has 1 N–H and O–H groups in total. The normalized spacial score (nSPS) is 11.5. The summed E-state index contributed by atoms with van der Waals surface area (Å²) in [5, 5.41) is 2.96. The second-order valence-electron chi connectivity index (χ2n) is 5.32. The van der Waals surface area contributed by atoms with Gasteiger partial charge < -0.3 is 19.5 Å². The molecule has 0 saturated carbocycles. The number of methoxy groups -OCH3 is 2. The molecule has 0 spiro atoms. The van der Waals surface area contributed by atoms with Gasteiger partial charge in [-0.3, -0.25) is 4.79 Å². The smallest absolute Gasteiger partial charge is 0.223 e. The van der Waals surface area contributed by atoms with E-state index in [9.17, 15) is 4.79 Å². The molecule has 1 amide bonds. The van der Waals surface area contributed by atoms with E-state index < -0.39 is 0 Å². The molecule has 0 aliphatic carbocycles. The van der Waals surface area contributed by atoms with Crippen LogP contribution in [0.15, 0.2) is 48.5 Å². The predicted octanol–water partition coefficient (Wildman–Crippen LogP) is 3.35. The highest BCUT2D eigenvalue weighted by atomic mass is 16.5. The molecule has 2 aromatic carbocycles. The van der Waals surface area contributed by atoms with Gasteiger partial charge in [0.25, 0.3) is 0 Å². The van der Waals surface area contributed by atoms with Crippen molar-refractivity contribution in [2.45, 2.75) is 19.4 Å². The van der Waals surface area contributed by atoms with Crippen LogP contribution in [0.25, 0.3) is 0 Å². The van der Waals surface area contributed by atoms with E-state index in [1.54, 1.807) is 14.2 Å². The third-order valence-corrected chi connectivity index (χ3v) is 3.63. The molecule has 2 aromatic rings. The van der Waals surface area contributed by atoms with E-state index in [1.807, 2.05) is 55.5 Å². The van der Waals surface area contributed by atoms with Crippen LogP contribution in [0.1, 0.15) is 24.9 Å². The topological polar surface area (TPSA) is 56.8 Å². The molecule has 0 aliphatic heterocycles. The third-order valence-electron chi connectivity index (χ3n) is 3.63. The van der Waals surface area contributed by atoms with Crippen molar-refractivity contribution in [1.82, 2.24) is 5.32 Å². The minimum absolute atomic E-state index is 0.0618. The van der Waals surface area contributed by atoms with Crippen molar-refractivity contribution in [3.05, 3.63) is 54.1 Å². The zero-order valence-corrected chi connectivity index (χ0v) is 14.2. The molecule has 0 radical (unpaired) electrons. The van der Waals surface area contributed by atoms with Crippen LogP contribution in [0.2, 0.25) is 0 Å². The van der Waals surface area contributed by atoms with E-state index in [4.69, 9.17) is 14.2 Å². The molecule has 0 bridgehead atoms. The summed E-state index contributed by atoms with van der Waals surface area (Å²) in [6, 6.07) is 14.9. The number of hydrogen-bond donors (Lipinski definition) is 1. The van der Waals surface area contributed by atoms with Crippen LogP contribution in [0.5, 0.6) is 17.2 Å². The van der Waals surface area contributed by atoms with Gasteiger partial charge in [-0.15, -0.1) is 0 Å². The highest BCUT2D eigenvalue weighted by molar-refractivity contribution is 5.76. The largest absolute Gasteiger partial charge is 0.493 e. The molecule has 0 saturated heterocycles. The number of para-hydroxylation sites is 1. The Bertz CT molecular complexity index is 658. The molecule has 0 aromatic heterocycles. The summed E-state index contributed by atoms with van der Waals surface area (Å²) in [5.41, 5.74) is 0.949. The predicted molar refractivity (Wildman–Crippen MR) is 92.7 cm³/mol. The highest BCUT2D eigenvalue weighted by Crippen LogP contribution is 2.29. The maximum absolute atomic E-state index is 12.0. The van der Waals surface area contributed by atoms with Crippen LogP contribution in [-0.2, 0) is 4.79 Å². The summed E-state index contributed by atoms with van der Waals surface area (Å²) < 4.78 is 16.0. The van der Waals surface area contributed by atoms with E-state index >= 15 is 0 Å². The standard InChI is InChI=1S/C19H23NO4/c1-14(15-9-10-17(22-2)18(13-15)23-3)20-19(21)11-12-24-16-7-5-4-6-8-16/h4-10,13-14H,11-12H2,1-3H3,(H,20,21). The lowest BCUT2D eigenvalue weighted by atomic mass is 10.1. The van der Waals surface area contributed by atoms with Crippen LogP contribution >= 0.6 is 0 Å². The van der Waals surface area contributed by atoms with Gasteiger partial charge in [0, 0.05) is 0 Å². The molecule has 1 atom stereocenters. The summed E-state index contributed by atoms with van der Waals surface area (Å²) in [7, 11) is 3.18. The first-order valence-electron chi connectivity index (χ1n) is 7.83. The molecule has 0 aliphatic rings. The lowest BCUT2D eigenvalue weighted by Gasteiger charge is -2.16. The Labute approximate surface area is 142 Å². The second-order valence-corrected chi connectivity index (χ2v) is 5.32. The average molecular weight is 329 g/mol. The fourth-order valence-corrected chi connectivity index (χ4v) is 2.30. The minimum Gasteiger partial charge on any atom is -0.493 e.